The van der Waals surface area contributed by atoms with E-state index in [2.05, 4.69) is 6.92 Å². The predicted molar refractivity (Wildman–Crippen MR) is 75.5 cm³/mol. The van der Waals surface area contributed by atoms with Crippen molar-refractivity contribution in [2.75, 3.05) is 13.1 Å². The number of nitrogens with two attached hydrogens (primary N) is 1. The number of amides is 1. The standard InChI is InChI=1S/C15H22N2O2/c1-10-7-12(3)14(8-11(10)2)19-15(18)17-6-4-5-13(16)9-17/h7-8,13H,4-6,9,16H2,1-3H3. The van der Waals surface area contributed by atoms with Crippen LogP contribution in [0.15, 0.2) is 12.1 Å². The Balaban J connectivity index is 2.08. The van der Waals surface area contributed by atoms with Crippen LogP contribution in [-0.2, 0) is 0 Å². The molecule has 1 aliphatic rings. The van der Waals surface area contributed by atoms with Gasteiger partial charge in [-0.1, -0.05) is 6.07 Å². The molecule has 1 aromatic carbocycles. The van der Waals surface area contributed by atoms with Crippen molar-refractivity contribution in [3.05, 3.63) is 28.8 Å². The van der Waals surface area contributed by atoms with Crippen molar-refractivity contribution < 1.29 is 9.53 Å². The van der Waals surface area contributed by atoms with Crippen LogP contribution in [0, 0.1) is 20.8 Å². The maximum Gasteiger partial charge on any atom is 0.415 e. The molecule has 1 heterocycles. The molecule has 1 atom stereocenters. The average molecular weight is 262 g/mol. The van der Waals surface area contributed by atoms with Gasteiger partial charge in [-0.2, -0.15) is 0 Å². The molecule has 1 aromatic rings. The monoisotopic (exact) mass is 262 g/mol. The Morgan fingerprint density at radius 3 is 2.63 bits per heavy atom. The van der Waals surface area contributed by atoms with Crippen molar-refractivity contribution in [2.45, 2.75) is 39.7 Å². The lowest BCUT2D eigenvalue weighted by Crippen LogP contribution is -2.46. The van der Waals surface area contributed by atoms with E-state index in [4.69, 9.17) is 10.5 Å². The number of rotatable bonds is 1. The molecule has 0 saturated carbocycles. The molecule has 1 amide bonds. The van der Waals surface area contributed by atoms with Crippen LogP contribution >= 0.6 is 0 Å². The fourth-order valence-electron chi connectivity index (χ4n) is 2.38. The van der Waals surface area contributed by atoms with Gasteiger partial charge in [0.15, 0.2) is 0 Å². The van der Waals surface area contributed by atoms with Crippen molar-refractivity contribution in [2.24, 2.45) is 5.73 Å². The second-order valence-electron chi connectivity index (χ2n) is 5.42. The zero-order chi connectivity index (χ0) is 14.0. The Hall–Kier alpha value is -1.55. The highest BCUT2D eigenvalue weighted by atomic mass is 16.6. The van der Waals surface area contributed by atoms with Gasteiger partial charge in [0.05, 0.1) is 0 Å². The van der Waals surface area contributed by atoms with Crippen molar-refractivity contribution >= 4 is 6.09 Å². The smallest absolute Gasteiger partial charge is 0.410 e. The Morgan fingerprint density at radius 1 is 1.26 bits per heavy atom. The maximum atomic E-state index is 12.1. The second kappa shape index (κ2) is 5.61. The molecule has 2 rings (SSSR count). The lowest BCUT2D eigenvalue weighted by Gasteiger charge is -2.30. The number of aryl methyl sites for hydroxylation is 3. The van der Waals surface area contributed by atoms with Crippen LogP contribution in [0.5, 0.6) is 5.75 Å². The Bertz CT molecular complexity index is 485. The molecular formula is C15H22N2O2. The fourth-order valence-corrected chi connectivity index (χ4v) is 2.38. The molecule has 0 radical (unpaired) electrons. The number of ether oxygens (including phenoxy) is 1. The minimum Gasteiger partial charge on any atom is -0.410 e. The average Bonchev–Trinajstić information content (AvgIpc) is 2.36. The molecule has 1 unspecified atom stereocenters. The number of carbonyl (C=O) groups excluding carboxylic acids is 1. The van der Waals surface area contributed by atoms with Crippen molar-refractivity contribution in [3.63, 3.8) is 0 Å². The summed E-state index contributed by atoms with van der Waals surface area (Å²) in [7, 11) is 0. The third-order valence-corrected chi connectivity index (χ3v) is 3.70. The highest BCUT2D eigenvalue weighted by Crippen LogP contribution is 2.23. The summed E-state index contributed by atoms with van der Waals surface area (Å²) in [5.41, 5.74) is 9.20. The Kier molecular flexibility index (Phi) is 4.10. The number of piperidine rings is 1. The summed E-state index contributed by atoms with van der Waals surface area (Å²) in [5, 5.41) is 0. The first kappa shape index (κ1) is 13.9. The van der Waals surface area contributed by atoms with E-state index in [0.29, 0.717) is 12.3 Å². The van der Waals surface area contributed by atoms with Crippen LogP contribution in [0.25, 0.3) is 0 Å². The Morgan fingerprint density at radius 2 is 1.95 bits per heavy atom. The highest BCUT2D eigenvalue weighted by molar-refractivity contribution is 5.71. The molecule has 2 N–H and O–H groups in total. The topological polar surface area (TPSA) is 55.6 Å². The van der Waals surface area contributed by atoms with E-state index in [1.165, 1.54) is 5.56 Å². The summed E-state index contributed by atoms with van der Waals surface area (Å²) in [6.45, 7) is 7.34. The van der Waals surface area contributed by atoms with Crippen molar-refractivity contribution in [1.29, 1.82) is 0 Å². The molecule has 4 heteroatoms. The lowest BCUT2D eigenvalue weighted by molar-refractivity contribution is 0.137. The van der Waals surface area contributed by atoms with Crippen molar-refractivity contribution in [3.8, 4) is 5.75 Å². The molecule has 19 heavy (non-hydrogen) atoms. The highest BCUT2D eigenvalue weighted by Gasteiger charge is 2.23. The second-order valence-corrected chi connectivity index (χ2v) is 5.42. The maximum absolute atomic E-state index is 12.1. The summed E-state index contributed by atoms with van der Waals surface area (Å²) in [6, 6.07) is 4.04. The van der Waals surface area contributed by atoms with E-state index < -0.39 is 0 Å². The van der Waals surface area contributed by atoms with Crippen LogP contribution in [0.3, 0.4) is 0 Å². The first-order valence-corrected chi connectivity index (χ1v) is 6.77. The first-order chi connectivity index (χ1) is 8.97. The number of hydrogen-bond donors (Lipinski definition) is 1. The van der Waals surface area contributed by atoms with Gasteiger partial charge in [-0.3, -0.25) is 0 Å². The number of hydrogen-bond acceptors (Lipinski definition) is 3. The largest absolute Gasteiger partial charge is 0.415 e. The van der Waals surface area contributed by atoms with E-state index in [-0.39, 0.29) is 12.1 Å². The Labute approximate surface area is 114 Å². The van der Waals surface area contributed by atoms with Gasteiger partial charge in [-0.05, 0) is 56.4 Å². The van der Waals surface area contributed by atoms with E-state index in [0.717, 1.165) is 30.5 Å². The third kappa shape index (κ3) is 3.26. The summed E-state index contributed by atoms with van der Waals surface area (Å²) in [4.78, 5) is 13.8. The molecule has 1 saturated heterocycles. The molecule has 1 aliphatic heterocycles. The third-order valence-electron chi connectivity index (χ3n) is 3.70. The van der Waals surface area contributed by atoms with Crippen LogP contribution in [0.1, 0.15) is 29.5 Å². The molecule has 104 valence electrons. The van der Waals surface area contributed by atoms with E-state index >= 15 is 0 Å². The summed E-state index contributed by atoms with van der Waals surface area (Å²) >= 11 is 0. The number of benzene rings is 1. The fraction of sp³-hybridized carbons (Fsp3) is 0.533. The van der Waals surface area contributed by atoms with Gasteiger partial charge in [0.25, 0.3) is 0 Å². The van der Waals surface area contributed by atoms with Gasteiger partial charge in [-0.25, -0.2) is 4.79 Å². The number of carbonyl (C=O) groups is 1. The van der Waals surface area contributed by atoms with E-state index in [9.17, 15) is 4.79 Å². The predicted octanol–water partition coefficient (Wildman–Crippen LogP) is 2.53. The lowest BCUT2D eigenvalue weighted by atomic mass is 10.1. The van der Waals surface area contributed by atoms with Crippen LogP contribution < -0.4 is 10.5 Å². The van der Waals surface area contributed by atoms with Crippen molar-refractivity contribution in [1.82, 2.24) is 4.90 Å². The van der Waals surface area contributed by atoms with Gasteiger partial charge >= 0.3 is 6.09 Å². The molecular weight excluding hydrogens is 240 g/mol. The minimum atomic E-state index is -0.290. The van der Waals surface area contributed by atoms with Gasteiger partial charge in [-0.15, -0.1) is 0 Å². The normalized spacial score (nSPS) is 19.4. The SMILES string of the molecule is Cc1cc(C)c(OC(=O)N2CCCC(N)C2)cc1C. The van der Waals surface area contributed by atoms with Crippen LogP contribution in [0.4, 0.5) is 4.79 Å². The molecule has 4 nitrogen and oxygen atoms in total. The van der Waals surface area contributed by atoms with Crippen LogP contribution in [0.2, 0.25) is 0 Å². The molecule has 0 bridgehead atoms. The molecule has 0 spiro atoms. The van der Waals surface area contributed by atoms with Gasteiger partial charge < -0.3 is 15.4 Å². The molecule has 0 aromatic heterocycles. The minimum absolute atomic E-state index is 0.0714. The summed E-state index contributed by atoms with van der Waals surface area (Å²) in [5.74, 6) is 0.646. The summed E-state index contributed by atoms with van der Waals surface area (Å²) < 4.78 is 5.50. The van der Waals surface area contributed by atoms with E-state index in [1.54, 1.807) is 4.90 Å². The quantitative estimate of drug-likeness (QED) is 0.846. The zero-order valence-corrected chi connectivity index (χ0v) is 11.9. The zero-order valence-electron chi connectivity index (χ0n) is 11.9. The molecule has 1 fully saturated rings. The first-order valence-electron chi connectivity index (χ1n) is 6.77. The van der Waals surface area contributed by atoms with Gasteiger partial charge in [0.2, 0.25) is 0 Å². The number of likely N-dealkylation sites (tertiary alicyclic amines) is 1. The van der Waals surface area contributed by atoms with Gasteiger partial charge in [0.1, 0.15) is 5.75 Å². The molecule has 0 aliphatic carbocycles. The van der Waals surface area contributed by atoms with Crippen LogP contribution in [-0.4, -0.2) is 30.1 Å². The van der Waals surface area contributed by atoms with E-state index in [1.807, 2.05) is 26.0 Å². The summed E-state index contributed by atoms with van der Waals surface area (Å²) in [6.07, 6.45) is 1.63. The number of nitrogens with zero attached hydrogens (tertiary/aromatic N) is 1. The van der Waals surface area contributed by atoms with Gasteiger partial charge in [0, 0.05) is 19.1 Å².